The Kier molecular flexibility index (Phi) is 5.48. The zero-order valence-electron chi connectivity index (χ0n) is 16.0. The Morgan fingerprint density at radius 2 is 2.04 bits per heavy atom. The molecule has 1 aliphatic carbocycles. The van der Waals surface area contributed by atoms with Crippen molar-refractivity contribution in [3.05, 3.63) is 57.6 Å². The van der Waals surface area contributed by atoms with E-state index in [1.807, 2.05) is 18.2 Å². The van der Waals surface area contributed by atoms with Gasteiger partial charge in [-0.15, -0.1) is 0 Å². The highest BCUT2D eigenvalue weighted by atomic mass is 16.5. The highest BCUT2D eigenvalue weighted by molar-refractivity contribution is 6.05. The van der Waals surface area contributed by atoms with E-state index >= 15 is 0 Å². The molecule has 1 saturated carbocycles. The van der Waals surface area contributed by atoms with Crippen LogP contribution in [-0.2, 0) is 4.74 Å². The molecule has 1 unspecified atom stereocenters. The molecule has 28 heavy (non-hydrogen) atoms. The van der Waals surface area contributed by atoms with Crippen LogP contribution in [0.25, 0.3) is 0 Å². The van der Waals surface area contributed by atoms with Crippen molar-refractivity contribution in [1.82, 2.24) is 0 Å². The number of ether oxygens (including phenoxy) is 2. The van der Waals surface area contributed by atoms with E-state index in [4.69, 9.17) is 13.9 Å². The number of carbonyl (C=O) groups excluding carboxylic acids is 1. The Bertz CT molecular complexity index is 909. The lowest BCUT2D eigenvalue weighted by Crippen LogP contribution is -2.24. The monoisotopic (exact) mass is 383 g/mol. The van der Waals surface area contributed by atoms with Crippen LogP contribution in [0.2, 0.25) is 0 Å². The van der Waals surface area contributed by atoms with Gasteiger partial charge in [0.1, 0.15) is 23.7 Å². The molecule has 6 heteroatoms. The lowest BCUT2D eigenvalue weighted by Gasteiger charge is -2.24. The van der Waals surface area contributed by atoms with E-state index in [1.54, 1.807) is 19.1 Å². The van der Waals surface area contributed by atoms with Crippen molar-refractivity contribution in [3.8, 4) is 5.75 Å². The average Bonchev–Trinajstić information content (AvgIpc) is 3.12. The van der Waals surface area contributed by atoms with Crippen LogP contribution in [0.3, 0.4) is 0 Å². The first-order chi connectivity index (χ1) is 13.6. The van der Waals surface area contributed by atoms with Gasteiger partial charge in [0, 0.05) is 12.5 Å². The molecule has 0 bridgehead atoms. The van der Waals surface area contributed by atoms with Crippen molar-refractivity contribution in [3.63, 3.8) is 0 Å². The number of rotatable bonds is 6. The number of hydrogen-bond acceptors (Lipinski definition) is 5. The minimum absolute atomic E-state index is 0.0389. The van der Waals surface area contributed by atoms with Crippen molar-refractivity contribution in [2.45, 2.75) is 51.0 Å². The van der Waals surface area contributed by atoms with E-state index < -0.39 is 11.5 Å². The fraction of sp³-hybridized carbons (Fsp3) is 0.455. The zero-order valence-corrected chi connectivity index (χ0v) is 16.0. The van der Waals surface area contributed by atoms with Crippen LogP contribution in [-0.4, -0.2) is 25.2 Å². The van der Waals surface area contributed by atoms with Crippen molar-refractivity contribution in [2.75, 3.05) is 18.5 Å². The summed E-state index contributed by atoms with van der Waals surface area (Å²) in [5, 5.41) is 2.80. The number of amides is 1. The van der Waals surface area contributed by atoms with Gasteiger partial charge in [0.15, 0.2) is 0 Å². The summed E-state index contributed by atoms with van der Waals surface area (Å²) in [7, 11) is 0. The van der Waals surface area contributed by atoms with E-state index in [2.05, 4.69) is 5.32 Å². The quantitative estimate of drug-likeness (QED) is 0.815. The van der Waals surface area contributed by atoms with Gasteiger partial charge in [0.2, 0.25) is 0 Å². The molecule has 1 amide bonds. The highest BCUT2D eigenvalue weighted by Crippen LogP contribution is 2.36. The lowest BCUT2D eigenvalue weighted by molar-refractivity contribution is 0.0682. The van der Waals surface area contributed by atoms with E-state index in [1.165, 1.54) is 0 Å². The number of anilines is 1. The summed E-state index contributed by atoms with van der Waals surface area (Å²) in [6.45, 7) is 2.97. The third kappa shape index (κ3) is 3.97. The Balaban J connectivity index is 1.50. The standard InChI is InChI=1S/C22H25NO5/c1-14-12-19(15-6-4-7-15)28-22(25)20(14)21(24)23-17-9-2-3-10-18(17)27-13-16-8-5-11-26-16/h2-3,9-10,12,15-16H,4-8,11,13H2,1H3,(H,23,24). The van der Waals surface area contributed by atoms with Crippen LogP contribution in [0.1, 0.15) is 59.7 Å². The zero-order chi connectivity index (χ0) is 19.5. The molecule has 1 aromatic carbocycles. The maximum Gasteiger partial charge on any atom is 0.349 e. The molecule has 2 fully saturated rings. The Morgan fingerprint density at radius 3 is 2.71 bits per heavy atom. The molecule has 2 heterocycles. The smallest absolute Gasteiger partial charge is 0.349 e. The molecule has 0 radical (unpaired) electrons. The predicted octanol–water partition coefficient (Wildman–Crippen LogP) is 4.03. The van der Waals surface area contributed by atoms with Crippen LogP contribution in [0.5, 0.6) is 5.75 Å². The summed E-state index contributed by atoms with van der Waals surface area (Å²) in [5.74, 6) is 1.06. The third-order valence-corrected chi connectivity index (χ3v) is 5.49. The van der Waals surface area contributed by atoms with E-state index in [-0.39, 0.29) is 11.7 Å². The largest absolute Gasteiger partial charge is 0.489 e. The molecule has 1 atom stereocenters. The second-order valence-electron chi connectivity index (χ2n) is 7.52. The van der Waals surface area contributed by atoms with Crippen LogP contribution in [0.4, 0.5) is 5.69 Å². The number of para-hydroxylation sites is 2. The number of aryl methyl sites for hydroxylation is 1. The fourth-order valence-corrected chi connectivity index (χ4v) is 3.64. The van der Waals surface area contributed by atoms with Gasteiger partial charge in [-0.25, -0.2) is 4.79 Å². The number of nitrogens with one attached hydrogen (secondary N) is 1. The molecule has 2 aliphatic rings. The minimum atomic E-state index is -0.586. The first-order valence-corrected chi connectivity index (χ1v) is 9.91. The lowest BCUT2D eigenvalue weighted by atomic mass is 9.83. The van der Waals surface area contributed by atoms with Gasteiger partial charge >= 0.3 is 5.63 Å². The average molecular weight is 383 g/mol. The van der Waals surface area contributed by atoms with Crippen LogP contribution < -0.4 is 15.7 Å². The molecule has 1 saturated heterocycles. The molecule has 2 aromatic rings. The fourth-order valence-electron chi connectivity index (χ4n) is 3.64. The van der Waals surface area contributed by atoms with Crippen LogP contribution in [0, 0.1) is 6.92 Å². The van der Waals surface area contributed by atoms with Gasteiger partial charge in [-0.3, -0.25) is 4.79 Å². The maximum atomic E-state index is 12.8. The normalized spacial score (nSPS) is 19.2. The number of hydrogen-bond donors (Lipinski definition) is 1. The Hall–Kier alpha value is -2.60. The highest BCUT2D eigenvalue weighted by Gasteiger charge is 2.25. The molecule has 0 spiro atoms. The van der Waals surface area contributed by atoms with Crippen molar-refractivity contribution >= 4 is 11.6 Å². The topological polar surface area (TPSA) is 77.8 Å². The van der Waals surface area contributed by atoms with E-state index in [0.29, 0.717) is 35.3 Å². The molecule has 1 aliphatic heterocycles. The van der Waals surface area contributed by atoms with Gasteiger partial charge in [0.25, 0.3) is 5.91 Å². The summed E-state index contributed by atoms with van der Waals surface area (Å²) in [6, 6.07) is 9.01. The number of benzene rings is 1. The van der Waals surface area contributed by atoms with Gasteiger partial charge in [-0.05, 0) is 56.4 Å². The van der Waals surface area contributed by atoms with Crippen LogP contribution >= 0.6 is 0 Å². The molecule has 4 rings (SSSR count). The van der Waals surface area contributed by atoms with Gasteiger partial charge in [-0.1, -0.05) is 18.6 Å². The second-order valence-corrected chi connectivity index (χ2v) is 7.52. The van der Waals surface area contributed by atoms with Gasteiger partial charge in [0.05, 0.1) is 11.8 Å². The maximum absolute atomic E-state index is 12.8. The third-order valence-electron chi connectivity index (χ3n) is 5.49. The number of carbonyl (C=O) groups is 1. The SMILES string of the molecule is Cc1cc(C2CCC2)oc(=O)c1C(=O)Nc1ccccc1OCC1CCCO1. The summed E-state index contributed by atoms with van der Waals surface area (Å²) in [5.41, 5.74) is 0.606. The molecule has 1 N–H and O–H groups in total. The van der Waals surface area contributed by atoms with Crippen molar-refractivity contribution < 1.29 is 18.7 Å². The second kappa shape index (κ2) is 8.19. The Labute approximate surface area is 163 Å². The molecule has 148 valence electrons. The summed E-state index contributed by atoms with van der Waals surface area (Å²) >= 11 is 0. The first kappa shape index (κ1) is 18.7. The molecular weight excluding hydrogens is 358 g/mol. The first-order valence-electron chi connectivity index (χ1n) is 9.91. The summed E-state index contributed by atoms with van der Waals surface area (Å²) in [4.78, 5) is 25.2. The van der Waals surface area contributed by atoms with E-state index in [9.17, 15) is 9.59 Å². The molecular formula is C22H25NO5. The van der Waals surface area contributed by atoms with Gasteiger partial charge < -0.3 is 19.2 Å². The minimum Gasteiger partial charge on any atom is -0.489 e. The summed E-state index contributed by atoms with van der Waals surface area (Å²) in [6.07, 6.45) is 5.31. The van der Waals surface area contributed by atoms with E-state index in [0.717, 1.165) is 38.7 Å². The molecule has 6 nitrogen and oxygen atoms in total. The summed E-state index contributed by atoms with van der Waals surface area (Å²) < 4.78 is 16.9. The van der Waals surface area contributed by atoms with Crippen LogP contribution in [0.15, 0.2) is 39.5 Å². The molecule has 1 aromatic heterocycles. The van der Waals surface area contributed by atoms with Crippen molar-refractivity contribution in [1.29, 1.82) is 0 Å². The van der Waals surface area contributed by atoms with Gasteiger partial charge in [-0.2, -0.15) is 0 Å². The van der Waals surface area contributed by atoms with Crippen molar-refractivity contribution in [2.24, 2.45) is 0 Å². The predicted molar refractivity (Wildman–Crippen MR) is 105 cm³/mol. The Morgan fingerprint density at radius 1 is 1.21 bits per heavy atom.